The van der Waals surface area contributed by atoms with E-state index in [1.165, 1.54) is 0 Å². The van der Waals surface area contributed by atoms with Crippen LogP contribution in [0.4, 0.5) is 0 Å². The number of nitrogens with one attached hydrogen (secondary N) is 1. The van der Waals surface area contributed by atoms with E-state index in [2.05, 4.69) is 5.32 Å². The molecule has 2 unspecified atom stereocenters. The van der Waals surface area contributed by atoms with Gasteiger partial charge in [0, 0.05) is 19.0 Å². The zero-order chi connectivity index (χ0) is 12.8. The molecule has 0 saturated carbocycles. The molecule has 2 N–H and O–H groups in total. The Morgan fingerprint density at radius 3 is 2.88 bits per heavy atom. The molecule has 98 valence electrons. The summed E-state index contributed by atoms with van der Waals surface area (Å²) in [7, 11) is 1.79. The Morgan fingerprint density at radius 1 is 1.59 bits per heavy atom. The van der Waals surface area contributed by atoms with Crippen molar-refractivity contribution in [3.63, 3.8) is 0 Å². The second-order valence-electron chi connectivity index (χ2n) is 4.32. The quantitative estimate of drug-likeness (QED) is 0.684. The summed E-state index contributed by atoms with van der Waals surface area (Å²) < 4.78 is 5.23. The molecular formula is C11H20N2O4. The van der Waals surface area contributed by atoms with Crippen LogP contribution in [0.1, 0.15) is 13.3 Å². The molecule has 1 aliphatic heterocycles. The van der Waals surface area contributed by atoms with Crippen molar-refractivity contribution in [2.45, 2.75) is 19.4 Å². The predicted octanol–water partition coefficient (Wildman–Crippen LogP) is -0.456. The fraction of sp³-hybridized carbons (Fsp3) is 0.818. The van der Waals surface area contributed by atoms with Crippen molar-refractivity contribution in [3.05, 3.63) is 0 Å². The SMILES string of the molecule is CNCC(C)C(=O)N1CCOCC1CC(=O)O. The molecule has 0 aromatic carbocycles. The maximum absolute atomic E-state index is 12.1. The van der Waals surface area contributed by atoms with Gasteiger partial charge in [0.05, 0.1) is 25.7 Å². The first-order chi connectivity index (χ1) is 8.06. The molecular weight excluding hydrogens is 224 g/mol. The molecule has 1 heterocycles. The number of nitrogens with zero attached hydrogens (tertiary/aromatic N) is 1. The highest BCUT2D eigenvalue weighted by atomic mass is 16.5. The van der Waals surface area contributed by atoms with Crippen molar-refractivity contribution in [1.82, 2.24) is 10.2 Å². The number of hydrogen-bond donors (Lipinski definition) is 2. The number of hydrogen-bond acceptors (Lipinski definition) is 4. The van der Waals surface area contributed by atoms with E-state index in [1.54, 1.807) is 11.9 Å². The molecule has 0 aliphatic carbocycles. The second kappa shape index (κ2) is 6.56. The monoisotopic (exact) mass is 244 g/mol. The standard InChI is InChI=1S/C11H20N2O4/c1-8(6-12-2)11(16)13-3-4-17-7-9(13)5-10(14)15/h8-9,12H,3-7H2,1-2H3,(H,14,15). The van der Waals surface area contributed by atoms with Crippen molar-refractivity contribution >= 4 is 11.9 Å². The number of ether oxygens (including phenoxy) is 1. The first-order valence-electron chi connectivity index (χ1n) is 5.81. The highest BCUT2D eigenvalue weighted by molar-refractivity contribution is 5.80. The Balaban J connectivity index is 2.63. The number of carboxylic acids is 1. The van der Waals surface area contributed by atoms with Crippen LogP contribution >= 0.6 is 0 Å². The minimum absolute atomic E-state index is 0.00565. The molecule has 0 spiro atoms. The minimum Gasteiger partial charge on any atom is -0.481 e. The fourth-order valence-corrected chi connectivity index (χ4v) is 1.99. The Bertz CT molecular complexity index is 283. The van der Waals surface area contributed by atoms with E-state index in [4.69, 9.17) is 9.84 Å². The molecule has 1 saturated heterocycles. The summed E-state index contributed by atoms with van der Waals surface area (Å²) in [6, 6.07) is -0.340. The van der Waals surface area contributed by atoms with Gasteiger partial charge in [-0.3, -0.25) is 9.59 Å². The second-order valence-corrected chi connectivity index (χ2v) is 4.32. The molecule has 0 aromatic heterocycles. The van der Waals surface area contributed by atoms with Crippen LogP contribution < -0.4 is 5.32 Å². The van der Waals surface area contributed by atoms with Crippen LogP contribution in [-0.4, -0.2) is 61.3 Å². The summed E-state index contributed by atoms with van der Waals surface area (Å²) in [5.74, 6) is -1.05. The number of morpholine rings is 1. The predicted molar refractivity (Wildman–Crippen MR) is 61.7 cm³/mol. The Labute approximate surface area is 101 Å². The van der Waals surface area contributed by atoms with Gasteiger partial charge >= 0.3 is 5.97 Å². The molecule has 1 fully saturated rings. The van der Waals surface area contributed by atoms with Gasteiger partial charge in [-0.2, -0.15) is 0 Å². The van der Waals surface area contributed by atoms with Gasteiger partial charge in [0.1, 0.15) is 0 Å². The van der Waals surface area contributed by atoms with Gasteiger partial charge in [-0.1, -0.05) is 6.92 Å². The lowest BCUT2D eigenvalue weighted by molar-refractivity contribution is -0.148. The largest absolute Gasteiger partial charge is 0.481 e. The number of carbonyl (C=O) groups excluding carboxylic acids is 1. The van der Waals surface area contributed by atoms with Crippen LogP contribution in [-0.2, 0) is 14.3 Å². The number of aliphatic carboxylic acids is 1. The van der Waals surface area contributed by atoms with Gasteiger partial charge in [-0.25, -0.2) is 0 Å². The maximum Gasteiger partial charge on any atom is 0.305 e. The third-order valence-electron chi connectivity index (χ3n) is 2.85. The summed E-state index contributed by atoms with van der Waals surface area (Å²) in [4.78, 5) is 24.5. The van der Waals surface area contributed by atoms with E-state index in [9.17, 15) is 9.59 Å². The first-order valence-corrected chi connectivity index (χ1v) is 5.81. The first kappa shape index (κ1) is 13.9. The number of carboxylic acid groups (broad SMARTS) is 1. The van der Waals surface area contributed by atoms with Gasteiger partial charge in [0.25, 0.3) is 0 Å². The van der Waals surface area contributed by atoms with Gasteiger partial charge < -0.3 is 20.1 Å². The number of rotatable bonds is 5. The summed E-state index contributed by atoms with van der Waals surface area (Å²) in [5, 5.41) is 11.7. The smallest absolute Gasteiger partial charge is 0.305 e. The zero-order valence-corrected chi connectivity index (χ0v) is 10.3. The van der Waals surface area contributed by atoms with Crippen LogP contribution in [0.5, 0.6) is 0 Å². The Hall–Kier alpha value is -1.14. The average Bonchev–Trinajstić information content (AvgIpc) is 2.28. The van der Waals surface area contributed by atoms with Crippen LogP contribution in [0.15, 0.2) is 0 Å². The molecule has 0 aromatic rings. The molecule has 2 atom stereocenters. The van der Waals surface area contributed by atoms with E-state index < -0.39 is 5.97 Å². The molecule has 6 heteroatoms. The van der Waals surface area contributed by atoms with Crippen molar-refractivity contribution in [2.24, 2.45) is 5.92 Å². The van der Waals surface area contributed by atoms with E-state index >= 15 is 0 Å². The third-order valence-corrected chi connectivity index (χ3v) is 2.85. The van der Waals surface area contributed by atoms with Gasteiger partial charge in [-0.15, -0.1) is 0 Å². The van der Waals surface area contributed by atoms with Crippen LogP contribution in [0, 0.1) is 5.92 Å². The van der Waals surface area contributed by atoms with Crippen molar-refractivity contribution < 1.29 is 19.4 Å². The highest BCUT2D eigenvalue weighted by Crippen LogP contribution is 2.14. The molecule has 1 aliphatic rings. The Morgan fingerprint density at radius 2 is 2.29 bits per heavy atom. The summed E-state index contributed by atoms with van der Waals surface area (Å²) in [6.45, 7) is 3.70. The normalized spacial score (nSPS) is 22.2. The summed E-state index contributed by atoms with van der Waals surface area (Å²) in [6.07, 6.45) is -0.0575. The summed E-state index contributed by atoms with van der Waals surface area (Å²) in [5.41, 5.74) is 0. The third kappa shape index (κ3) is 3.98. The molecule has 0 bridgehead atoms. The molecule has 1 rings (SSSR count). The molecule has 0 radical (unpaired) electrons. The molecule has 1 amide bonds. The number of carbonyl (C=O) groups is 2. The van der Waals surface area contributed by atoms with Gasteiger partial charge in [0.2, 0.25) is 5.91 Å². The van der Waals surface area contributed by atoms with Crippen LogP contribution in [0.3, 0.4) is 0 Å². The zero-order valence-electron chi connectivity index (χ0n) is 10.3. The van der Waals surface area contributed by atoms with Crippen molar-refractivity contribution in [3.8, 4) is 0 Å². The van der Waals surface area contributed by atoms with E-state index in [0.29, 0.717) is 26.3 Å². The maximum atomic E-state index is 12.1. The molecule has 6 nitrogen and oxygen atoms in total. The van der Waals surface area contributed by atoms with E-state index in [-0.39, 0.29) is 24.3 Å². The average molecular weight is 244 g/mol. The number of amides is 1. The van der Waals surface area contributed by atoms with Gasteiger partial charge in [-0.05, 0) is 7.05 Å². The van der Waals surface area contributed by atoms with Crippen molar-refractivity contribution in [1.29, 1.82) is 0 Å². The summed E-state index contributed by atoms with van der Waals surface area (Å²) >= 11 is 0. The Kier molecular flexibility index (Phi) is 5.37. The van der Waals surface area contributed by atoms with Crippen LogP contribution in [0.2, 0.25) is 0 Å². The lowest BCUT2D eigenvalue weighted by atomic mass is 10.1. The lowest BCUT2D eigenvalue weighted by Gasteiger charge is -2.36. The van der Waals surface area contributed by atoms with E-state index in [1.807, 2.05) is 6.92 Å². The molecule has 17 heavy (non-hydrogen) atoms. The van der Waals surface area contributed by atoms with E-state index in [0.717, 1.165) is 0 Å². The lowest BCUT2D eigenvalue weighted by Crippen LogP contribution is -2.52. The van der Waals surface area contributed by atoms with Crippen LogP contribution in [0.25, 0.3) is 0 Å². The highest BCUT2D eigenvalue weighted by Gasteiger charge is 2.31. The minimum atomic E-state index is -0.903. The fourth-order valence-electron chi connectivity index (χ4n) is 1.99. The topological polar surface area (TPSA) is 78.9 Å². The van der Waals surface area contributed by atoms with Gasteiger partial charge in [0.15, 0.2) is 0 Å². The van der Waals surface area contributed by atoms with Crippen molar-refractivity contribution in [2.75, 3.05) is 33.4 Å².